The number of benzene rings is 8. The van der Waals surface area contributed by atoms with Crippen LogP contribution in [0.3, 0.4) is 0 Å². The van der Waals surface area contributed by atoms with Gasteiger partial charge in [0.1, 0.15) is 0 Å². The summed E-state index contributed by atoms with van der Waals surface area (Å²) >= 11 is 0. The highest BCUT2D eigenvalue weighted by Gasteiger charge is 2.18. The Morgan fingerprint density at radius 3 is 1.85 bits per heavy atom. The zero-order chi connectivity index (χ0) is 30.9. The molecular weight excluding hydrogens is 571 g/mol. The lowest BCUT2D eigenvalue weighted by molar-refractivity contribution is 1.05. The zero-order valence-corrected chi connectivity index (χ0v) is 25.4. The molecule has 0 aliphatic rings. The third kappa shape index (κ3) is 4.00. The molecule has 47 heavy (non-hydrogen) atoms. The van der Waals surface area contributed by atoms with Crippen LogP contribution in [-0.4, -0.2) is 14.8 Å². The van der Waals surface area contributed by atoms with Gasteiger partial charge < -0.3 is 4.57 Å². The first kappa shape index (κ1) is 26.0. The quantitative estimate of drug-likeness (QED) is 0.190. The van der Waals surface area contributed by atoms with Crippen LogP contribution in [0, 0.1) is 0 Å². The van der Waals surface area contributed by atoms with Crippen molar-refractivity contribution in [1.29, 1.82) is 0 Å². The van der Waals surface area contributed by atoms with Gasteiger partial charge in [-0.3, -0.25) is 0 Å². The first-order valence-corrected chi connectivity index (χ1v) is 16.0. The molecule has 2 aromatic heterocycles. The number of hydrogen-bond acceptors (Lipinski definition) is 2. The molecule has 218 valence electrons. The summed E-state index contributed by atoms with van der Waals surface area (Å²) in [5.41, 5.74) is 8.13. The highest BCUT2D eigenvalue weighted by Crippen LogP contribution is 2.41. The molecule has 0 atom stereocenters. The average molecular weight is 598 g/mol. The van der Waals surface area contributed by atoms with Crippen molar-refractivity contribution in [1.82, 2.24) is 14.8 Å². The summed E-state index contributed by atoms with van der Waals surface area (Å²) in [6.07, 6.45) is 3.84. The smallest absolute Gasteiger partial charge is 0.0596 e. The van der Waals surface area contributed by atoms with Crippen LogP contribution in [0.2, 0.25) is 0 Å². The summed E-state index contributed by atoms with van der Waals surface area (Å²) in [6.45, 7) is 0. The molecule has 0 aliphatic heterocycles. The van der Waals surface area contributed by atoms with E-state index in [-0.39, 0.29) is 0 Å². The fourth-order valence-corrected chi connectivity index (χ4v) is 7.47. The number of hydrogen-bond donors (Lipinski definition) is 0. The fourth-order valence-electron chi connectivity index (χ4n) is 7.47. The minimum Gasteiger partial charge on any atom is -0.309 e. The van der Waals surface area contributed by atoms with Crippen molar-refractivity contribution in [3.63, 3.8) is 0 Å². The van der Waals surface area contributed by atoms with Crippen molar-refractivity contribution >= 4 is 64.9 Å². The molecule has 10 aromatic rings. The maximum Gasteiger partial charge on any atom is 0.0596 e. The van der Waals surface area contributed by atoms with E-state index in [0.29, 0.717) is 0 Å². The molecular formula is C44H27N3. The van der Waals surface area contributed by atoms with Crippen molar-refractivity contribution in [3.8, 4) is 27.9 Å². The van der Waals surface area contributed by atoms with Gasteiger partial charge in [0.15, 0.2) is 0 Å². The van der Waals surface area contributed by atoms with Gasteiger partial charge in [0.25, 0.3) is 0 Å². The van der Waals surface area contributed by atoms with Crippen LogP contribution >= 0.6 is 0 Å². The molecule has 2 heterocycles. The largest absolute Gasteiger partial charge is 0.309 e. The number of rotatable bonds is 3. The Hall–Kier alpha value is -6.32. The summed E-state index contributed by atoms with van der Waals surface area (Å²) in [5.74, 6) is 0. The molecule has 0 N–H and O–H groups in total. The van der Waals surface area contributed by atoms with E-state index in [1.807, 2.05) is 12.4 Å². The van der Waals surface area contributed by atoms with Gasteiger partial charge in [-0.2, -0.15) is 10.2 Å². The first-order valence-electron chi connectivity index (χ1n) is 16.0. The molecule has 0 unspecified atom stereocenters. The molecule has 0 fully saturated rings. The number of nitrogens with zero attached hydrogens (tertiary/aromatic N) is 3. The molecule has 3 heteroatoms. The van der Waals surface area contributed by atoms with Gasteiger partial charge >= 0.3 is 0 Å². The van der Waals surface area contributed by atoms with E-state index in [0.717, 1.165) is 27.6 Å². The van der Waals surface area contributed by atoms with E-state index in [4.69, 9.17) is 0 Å². The molecule has 0 radical (unpaired) electrons. The molecule has 0 spiro atoms. The third-order valence-electron chi connectivity index (χ3n) is 9.74. The minimum absolute atomic E-state index is 1.06. The van der Waals surface area contributed by atoms with Gasteiger partial charge in [-0.05, 0) is 84.9 Å². The lowest BCUT2D eigenvalue weighted by Crippen LogP contribution is -1.98. The van der Waals surface area contributed by atoms with Crippen molar-refractivity contribution < 1.29 is 0 Å². The Morgan fingerprint density at radius 2 is 1.00 bits per heavy atom. The summed E-state index contributed by atoms with van der Waals surface area (Å²) in [4.78, 5) is 0. The Bertz CT molecular complexity index is 2850. The van der Waals surface area contributed by atoms with Gasteiger partial charge in [-0.15, -0.1) is 0 Å². The second-order valence-corrected chi connectivity index (χ2v) is 12.3. The van der Waals surface area contributed by atoms with Crippen LogP contribution in [0.4, 0.5) is 0 Å². The van der Waals surface area contributed by atoms with E-state index in [2.05, 4.69) is 166 Å². The summed E-state index contributed by atoms with van der Waals surface area (Å²) in [7, 11) is 0. The van der Waals surface area contributed by atoms with Gasteiger partial charge in [-0.25, -0.2) is 0 Å². The topological polar surface area (TPSA) is 30.7 Å². The van der Waals surface area contributed by atoms with E-state index in [1.165, 1.54) is 65.3 Å². The van der Waals surface area contributed by atoms with E-state index < -0.39 is 0 Å². The minimum atomic E-state index is 1.06. The second kappa shape index (κ2) is 10.1. The SMILES string of the molecule is c1ccc(-c2ccc3c4cc5ccccc5cc4n(-c4ccc(-c5ccc6ccc7ccccc7c6c5)c5cnncc45)c3c2)cc1. The maximum atomic E-state index is 4.42. The predicted molar refractivity (Wildman–Crippen MR) is 197 cm³/mol. The summed E-state index contributed by atoms with van der Waals surface area (Å²) in [5, 5.41) is 20.9. The molecule has 0 amide bonds. The highest BCUT2D eigenvalue weighted by molar-refractivity contribution is 6.16. The van der Waals surface area contributed by atoms with Gasteiger partial charge in [0.2, 0.25) is 0 Å². The van der Waals surface area contributed by atoms with Crippen molar-refractivity contribution in [2.75, 3.05) is 0 Å². The fraction of sp³-hybridized carbons (Fsp3) is 0. The van der Waals surface area contributed by atoms with Crippen molar-refractivity contribution in [2.45, 2.75) is 0 Å². The van der Waals surface area contributed by atoms with Crippen molar-refractivity contribution in [2.24, 2.45) is 0 Å². The molecule has 3 nitrogen and oxygen atoms in total. The van der Waals surface area contributed by atoms with Crippen LogP contribution in [0.15, 0.2) is 164 Å². The first-order chi connectivity index (χ1) is 23.3. The highest BCUT2D eigenvalue weighted by atomic mass is 15.1. The van der Waals surface area contributed by atoms with Crippen LogP contribution < -0.4 is 0 Å². The second-order valence-electron chi connectivity index (χ2n) is 12.3. The van der Waals surface area contributed by atoms with Crippen LogP contribution in [0.1, 0.15) is 0 Å². The van der Waals surface area contributed by atoms with E-state index in [1.54, 1.807) is 0 Å². The maximum absolute atomic E-state index is 4.42. The van der Waals surface area contributed by atoms with Gasteiger partial charge in [-0.1, -0.05) is 121 Å². The normalized spacial score (nSPS) is 11.8. The van der Waals surface area contributed by atoms with E-state index >= 15 is 0 Å². The number of aromatic nitrogens is 3. The standard InChI is InChI=1S/C44H27N3/c1-2-8-28(9-3-1)33-18-19-37-39-22-31-11-4-5-12-32(31)24-44(39)47(43(37)25-33)42-21-20-36(40-26-45-46-27-41(40)42)34-17-16-30-15-14-29-10-6-7-13-35(29)38(30)23-34/h1-27H. The Balaban J connectivity index is 1.26. The molecule has 0 bridgehead atoms. The summed E-state index contributed by atoms with van der Waals surface area (Å²) < 4.78 is 2.42. The zero-order valence-electron chi connectivity index (χ0n) is 25.4. The number of fused-ring (bicyclic) bond motifs is 8. The third-order valence-corrected chi connectivity index (χ3v) is 9.74. The summed E-state index contributed by atoms with van der Waals surface area (Å²) in [6, 6.07) is 55.1. The van der Waals surface area contributed by atoms with Gasteiger partial charge in [0.05, 0.1) is 29.1 Å². The van der Waals surface area contributed by atoms with Crippen LogP contribution in [0.25, 0.3) is 92.8 Å². The van der Waals surface area contributed by atoms with Crippen LogP contribution in [-0.2, 0) is 0 Å². The molecule has 0 aliphatic carbocycles. The van der Waals surface area contributed by atoms with Crippen LogP contribution in [0.5, 0.6) is 0 Å². The predicted octanol–water partition coefficient (Wildman–Crippen LogP) is 11.5. The van der Waals surface area contributed by atoms with Gasteiger partial charge in [0, 0.05) is 21.5 Å². The monoisotopic (exact) mass is 597 g/mol. The lowest BCUT2D eigenvalue weighted by atomic mass is 9.94. The van der Waals surface area contributed by atoms with E-state index in [9.17, 15) is 0 Å². The molecule has 0 saturated heterocycles. The Kier molecular flexibility index (Phi) is 5.57. The Labute approximate surface area is 271 Å². The lowest BCUT2D eigenvalue weighted by Gasteiger charge is -2.15. The Morgan fingerprint density at radius 1 is 0.340 bits per heavy atom. The van der Waals surface area contributed by atoms with Crippen molar-refractivity contribution in [3.05, 3.63) is 164 Å². The molecule has 10 rings (SSSR count). The molecule has 0 saturated carbocycles. The molecule has 8 aromatic carbocycles. The average Bonchev–Trinajstić information content (AvgIpc) is 3.45.